The number of methoxy groups -OCH3 is 1. The van der Waals surface area contributed by atoms with Crippen LogP contribution in [-0.4, -0.2) is 22.0 Å². The molecule has 0 aromatic carbocycles. The van der Waals surface area contributed by atoms with Gasteiger partial charge >= 0.3 is 0 Å². The van der Waals surface area contributed by atoms with E-state index in [0.29, 0.717) is 0 Å². The standard InChI is InChI=1S/C11H21N3OS/c1-6-7-8(15-5)9-12-10(16-14-9)13-11(2,3)4/h8H,6-7H2,1-5H3,(H,12,13,14). The number of anilines is 1. The molecular weight excluding hydrogens is 222 g/mol. The fourth-order valence-electron chi connectivity index (χ4n) is 1.35. The Morgan fingerprint density at radius 2 is 2.12 bits per heavy atom. The Morgan fingerprint density at radius 1 is 1.44 bits per heavy atom. The van der Waals surface area contributed by atoms with Crippen LogP contribution in [0, 0.1) is 0 Å². The van der Waals surface area contributed by atoms with Gasteiger partial charge in [-0.3, -0.25) is 0 Å². The second-order valence-corrected chi connectivity index (χ2v) is 5.60. The predicted molar refractivity (Wildman–Crippen MR) is 67.9 cm³/mol. The number of ether oxygens (including phenoxy) is 1. The molecule has 0 spiro atoms. The molecule has 0 saturated carbocycles. The van der Waals surface area contributed by atoms with Gasteiger partial charge in [-0.2, -0.15) is 4.37 Å². The lowest BCUT2D eigenvalue weighted by atomic mass is 10.1. The highest BCUT2D eigenvalue weighted by Gasteiger charge is 2.17. The van der Waals surface area contributed by atoms with Crippen LogP contribution in [0.25, 0.3) is 0 Å². The number of rotatable bonds is 5. The van der Waals surface area contributed by atoms with Gasteiger partial charge in [0.25, 0.3) is 0 Å². The summed E-state index contributed by atoms with van der Waals surface area (Å²) < 4.78 is 9.71. The van der Waals surface area contributed by atoms with Crippen molar-refractivity contribution in [3.63, 3.8) is 0 Å². The topological polar surface area (TPSA) is 47.0 Å². The van der Waals surface area contributed by atoms with Gasteiger partial charge in [0.1, 0.15) is 6.10 Å². The molecule has 1 atom stereocenters. The molecule has 5 heteroatoms. The lowest BCUT2D eigenvalue weighted by molar-refractivity contribution is 0.0887. The monoisotopic (exact) mass is 243 g/mol. The first kappa shape index (κ1) is 13.4. The van der Waals surface area contributed by atoms with Crippen molar-refractivity contribution < 1.29 is 4.74 Å². The van der Waals surface area contributed by atoms with E-state index in [2.05, 4.69) is 42.4 Å². The average molecular weight is 243 g/mol. The van der Waals surface area contributed by atoms with E-state index in [-0.39, 0.29) is 11.6 Å². The van der Waals surface area contributed by atoms with Gasteiger partial charge in [0.2, 0.25) is 5.13 Å². The maximum absolute atomic E-state index is 5.37. The SMILES string of the molecule is CCCC(OC)c1nsc(NC(C)(C)C)n1. The van der Waals surface area contributed by atoms with E-state index in [4.69, 9.17) is 4.74 Å². The highest BCUT2D eigenvalue weighted by atomic mass is 32.1. The minimum Gasteiger partial charge on any atom is -0.373 e. The molecule has 92 valence electrons. The summed E-state index contributed by atoms with van der Waals surface area (Å²) in [4.78, 5) is 4.46. The third-order valence-corrected chi connectivity index (χ3v) is 2.69. The van der Waals surface area contributed by atoms with E-state index in [1.807, 2.05) is 0 Å². The van der Waals surface area contributed by atoms with E-state index in [0.717, 1.165) is 23.8 Å². The van der Waals surface area contributed by atoms with Crippen LogP contribution >= 0.6 is 11.5 Å². The number of aromatic nitrogens is 2. The maximum Gasteiger partial charge on any atom is 0.203 e. The summed E-state index contributed by atoms with van der Waals surface area (Å²) in [5.74, 6) is 0.793. The van der Waals surface area contributed by atoms with Gasteiger partial charge in [0.05, 0.1) is 0 Å². The minimum absolute atomic E-state index is 0.0180. The van der Waals surface area contributed by atoms with Gasteiger partial charge in [0, 0.05) is 24.2 Å². The van der Waals surface area contributed by atoms with Gasteiger partial charge < -0.3 is 10.1 Å². The van der Waals surface area contributed by atoms with Crippen molar-refractivity contribution in [1.82, 2.24) is 9.36 Å². The molecule has 4 nitrogen and oxygen atoms in total. The Morgan fingerprint density at radius 3 is 2.62 bits per heavy atom. The number of hydrogen-bond donors (Lipinski definition) is 1. The van der Waals surface area contributed by atoms with Crippen molar-refractivity contribution in [2.24, 2.45) is 0 Å². The zero-order valence-corrected chi connectivity index (χ0v) is 11.5. The molecule has 0 radical (unpaired) electrons. The largest absolute Gasteiger partial charge is 0.373 e. The van der Waals surface area contributed by atoms with E-state index < -0.39 is 0 Å². The molecule has 0 saturated heterocycles. The quantitative estimate of drug-likeness (QED) is 0.862. The number of hydrogen-bond acceptors (Lipinski definition) is 5. The summed E-state index contributed by atoms with van der Waals surface area (Å²) in [7, 11) is 1.71. The second kappa shape index (κ2) is 5.59. The van der Waals surface area contributed by atoms with Crippen molar-refractivity contribution in [3.05, 3.63) is 5.82 Å². The van der Waals surface area contributed by atoms with Crippen LogP contribution in [0.5, 0.6) is 0 Å². The van der Waals surface area contributed by atoms with Crippen LogP contribution in [-0.2, 0) is 4.74 Å². The summed E-state index contributed by atoms with van der Waals surface area (Å²) in [5, 5.41) is 4.17. The molecule has 0 aliphatic carbocycles. The van der Waals surface area contributed by atoms with Crippen LogP contribution in [0.3, 0.4) is 0 Å². The Hall–Kier alpha value is -0.680. The molecule has 1 unspecified atom stereocenters. The van der Waals surface area contributed by atoms with Gasteiger partial charge in [-0.25, -0.2) is 4.98 Å². The molecule has 1 aromatic heterocycles. The lowest BCUT2D eigenvalue weighted by Gasteiger charge is -2.19. The van der Waals surface area contributed by atoms with Crippen LogP contribution in [0.1, 0.15) is 52.5 Å². The Bertz CT molecular complexity index is 319. The third kappa shape index (κ3) is 4.06. The molecule has 1 aromatic rings. The molecule has 1 heterocycles. The molecule has 1 N–H and O–H groups in total. The van der Waals surface area contributed by atoms with E-state index in [1.54, 1.807) is 7.11 Å². The smallest absolute Gasteiger partial charge is 0.203 e. The van der Waals surface area contributed by atoms with Crippen molar-refractivity contribution in [2.75, 3.05) is 12.4 Å². The van der Waals surface area contributed by atoms with Crippen LogP contribution in [0.4, 0.5) is 5.13 Å². The normalized spacial score (nSPS) is 13.8. The van der Waals surface area contributed by atoms with E-state index in [9.17, 15) is 0 Å². The van der Waals surface area contributed by atoms with Gasteiger partial charge in [-0.05, 0) is 27.2 Å². The van der Waals surface area contributed by atoms with Crippen molar-refractivity contribution in [3.8, 4) is 0 Å². The molecular formula is C11H21N3OS. The van der Waals surface area contributed by atoms with Crippen molar-refractivity contribution in [2.45, 2.75) is 52.2 Å². The Kier molecular flexibility index (Phi) is 4.68. The zero-order chi connectivity index (χ0) is 12.2. The summed E-state index contributed by atoms with van der Waals surface area (Å²) in [6.07, 6.45) is 2.05. The highest BCUT2D eigenvalue weighted by Crippen LogP contribution is 2.24. The summed E-state index contributed by atoms with van der Waals surface area (Å²) in [6, 6.07) is 0. The van der Waals surface area contributed by atoms with Gasteiger partial charge in [-0.1, -0.05) is 13.3 Å². The molecule has 0 aliphatic rings. The average Bonchev–Trinajstić information content (AvgIpc) is 2.59. The Labute approximate surface area is 102 Å². The Balaban J connectivity index is 2.69. The van der Waals surface area contributed by atoms with Gasteiger partial charge in [-0.15, -0.1) is 0 Å². The molecule has 0 amide bonds. The first-order valence-corrected chi connectivity index (χ1v) is 6.38. The van der Waals surface area contributed by atoms with E-state index >= 15 is 0 Å². The first-order valence-electron chi connectivity index (χ1n) is 5.61. The van der Waals surface area contributed by atoms with Crippen molar-refractivity contribution >= 4 is 16.7 Å². The molecule has 0 fully saturated rings. The molecule has 1 rings (SSSR count). The summed E-state index contributed by atoms with van der Waals surface area (Å²) in [6.45, 7) is 8.45. The van der Waals surface area contributed by atoms with E-state index in [1.165, 1.54) is 11.5 Å². The van der Waals surface area contributed by atoms with Crippen LogP contribution in [0.2, 0.25) is 0 Å². The molecule has 0 aliphatic heterocycles. The number of nitrogens with zero attached hydrogens (tertiary/aromatic N) is 2. The third-order valence-electron chi connectivity index (χ3n) is 2.05. The highest BCUT2D eigenvalue weighted by molar-refractivity contribution is 7.09. The van der Waals surface area contributed by atoms with Crippen molar-refractivity contribution in [1.29, 1.82) is 0 Å². The predicted octanol–water partition coefficient (Wildman–Crippen LogP) is 3.24. The summed E-state index contributed by atoms with van der Waals surface area (Å²) in [5.41, 5.74) is 0.0180. The lowest BCUT2D eigenvalue weighted by Crippen LogP contribution is -2.25. The maximum atomic E-state index is 5.37. The minimum atomic E-state index is 0.0180. The molecule has 0 bridgehead atoms. The first-order chi connectivity index (χ1) is 7.46. The zero-order valence-electron chi connectivity index (χ0n) is 10.7. The fraction of sp³-hybridized carbons (Fsp3) is 0.818. The van der Waals surface area contributed by atoms with Crippen LogP contribution in [0.15, 0.2) is 0 Å². The molecule has 16 heavy (non-hydrogen) atoms. The van der Waals surface area contributed by atoms with Crippen LogP contribution < -0.4 is 5.32 Å². The second-order valence-electron chi connectivity index (χ2n) is 4.85. The number of nitrogens with one attached hydrogen (secondary N) is 1. The van der Waals surface area contributed by atoms with Gasteiger partial charge in [0.15, 0.2) is 5.82 Å². The fourth-order valence-corrected chi connectivity index (χ4v) is 2.18. The summed E-state index contributed by atoms with van der Waals surface area (Å²) >= 11 is 1.39.